The molecule has 0 radical (unpaired) electrons. The van der Waals surface area contributed by atoms with Gasteiger partial charge < -0.3 is 5.11 Å². The fourth-order valence-corrected chi connectivity index (χ4v) is 3.35. The molecule has 0 bridgehead atoms. The van der Waals surface area contributed by atoms with E-state index in [1.807, 2.05) is 0 Å². The second-order valence-electron chi connectivity index (χ2n) is 4.35. The molecular formula is C10H17N3O6S. The van der Waals surface area contributed by atoms with E-state index >= 15 is 0 Å². The lowest BCUT2D eigenvalue weighted by atomic mass is 10.2. The van der Waals surface area contributed by atoms with Gasteiger partial charge in [-0.15, -0.1) is 0 Å². The summed E-state index contributed by atoms with van der Waals surface area (Å²) in [5, 5.41) is 10.6. The molecule has 1 heterocycles. The minimum Gasteiger partial charge on any atom is -0.481 e. The molecule has 1 unspecified atom stereocenters. The Morgan fingerprint density at radius 2 is 2.10 bits per heavy atom. The van der Waals surface area contributed by atoms with Crippen molar-refractivity contribution < 1.29 is 27.9 Å². The summed E-state index contributed by atoms with van der Waals surface area (Å²) in [5.41, 5.74) is 0. The second-order valence-corrected chi connectivity index (χ2v) is 6.34. The highest BCUT2D eigenvalue weighted by Gasteiger charge is 2.41. The van der Waals surface area contributed by atoms with Crippen LogP contribution in [0.2, 0.25) is 0 Å². The molecule has 20 heavy (non-hydrogen) atoms. The fraction of sp³-hybridized carbons (Fsp3) is 0.700. The predicted molar refractivity (Wildman–Crippen MR) is 67.7 cm³/mol. The molecule has 1 saturated heterocycles. The van der Waals surface area contributed by atoms with Gasteiger partial charge in [0.1, 0.15) is 6.04 Å². The van der Waals surface area contributed by atoms with Crippen molar-refractivity contribution in [3.05, 3.63) is 0 Å². The molecule has 10 heteroatoms. The second kappa shape index (κ2) is 6.29. The molecule has 2 amide bonds. The van der Waals surface area contributed by atoms with Crippen LogP contribution in [0.25, 0.3) is 0 Å². The van der Waals surface area contributed by atoms with E-state index in [1.54, 1.807) is 6.92 Å². The van der Waals surface area contributed by atoms with Gasteiger partial charge in [-0.25, -0.2) is 0 Å². The number of rotatable bonds is 6. The molecule has 0 aromatic rings. The van der Waals surface area contributed by atoms with Crippen LogP contribution in [0.15, 0.2) is 0 Å². The molecule has 0 saturated carbocycles. The van der Waals surface area contributed by atoms with E-state index in [2.05, 4.69) is 5.32 Å². The van der Waals surface area contributed by atoms with Crippen molar-refractivity contribution in [1.82, 2.24) is 13.9 Å². The van der Waals surface area contributed by atoms with Gasteiger partial charge in [0, 0.05) is 13.6 Å². The zero-order valence-corrected chi connectivity index (χ0v) is 12.0. The molecule has 114 valence electrons. The number of carboxylic acid groups (broad SMARTS) is 1. The summed E-state index contributed by atoms with van der Waals surface area (Å²) in [6.45, 7) is 0.935. The van der Waals surface area contributed by atoms with Crippen LogP contribution >= 0.6 is 0 Å². The zero-order valence-electron chi connectivity index (χ0n) is 11.2. The monoisotopic (exact) mass is 307 g/mol. The molecule has 9 nitrogen and oxygen atoms in total. The maximum Gasteiger partial charge on any atom is 0.304 e. The summed E-state index contributed by atoms with van der Waals surface area (Å²) in [4.78, 5) is 33.4. The van der Waals surface area contributed by atoms with E-state index in [9.17, 15) is 22.8 Å². The van der Waals surface area contributed by atoms with Crippen LogP contribution in [0.5, 0.6) is 0 Å². The van der Waals surface area contributed by atoms with Crippen molar-refractivity contribution >= 4 is 28.0 Å². The minimum absolute atomic E-state index is 0.213. The van der Waals surface area contributed by atoms with E-state index in [4.69, 9.17) is 5.11 Å². The number of aliphatic carboxylic acids is 1. The molecule has 1 aliphatic rings. The first-order valence-corrected chi connectivity index (χ1v) is 7.38. The third-order valence-corrected chi connectivity index (χ3v) is 4.88. The third-order valence-electron chi connectivity index (χ3n) is 2.93. The Morgan fingerprint density at radius 1 is 1.50 bits per heavy atom. The number of hydrogen-bond donors (Lipinski definition) is 2. The zero-order chi connectivity index (χ0) is 15.5. The van der Waals surface area contributed by atoms with Gasteiger partial charge in [-0.2, -0.15) is 17.0 Å². The van der Waals surface area contributed by atoms with Gasteiger partial charge in [0.05, 0.1) is 13.0 Å². The van der Waals surface area contributed by atoms with E-state index in [-0.39, 0.29) is 19.4 Å². The summed E-state index contributed by atoms with van der Waals surface area (Å²) in [6, 6.07) is -0.968. The molecule has 1 atom stereocenters. The maximum atomic E-state index is 12.3. The smallest absolute Gasteiger partial charge is 0.304 e. The van der Waals surface area contributed by atoms with Crippen molar-refractivity contribution in [2.24, 2.45) is 0 Å². The Morgan fingerprint density at radius 3 is 2.60 bits per heavy atom. The van der Waals surface area contributed by atoms with Crippen molar-refractivity contribution in [2.75, 3.05) is 20.1 Å². The number of nitrogens with zero attached hydrogens (tertiary/aromatic N) is 2. The third kappa shape index (κ3) is 3.52. The lowest BCUT2D eigenvalue weighted by Gasteiger charge is -2.34. The quantitative estimate of drug-likeness (QED) is 0.568. The topological polar surface area (TPSA) is 124 Å². The highest BCUT2D eigenvalue weighted by atomic mass is 32.2. The van der Waals surface area contributed by atoms with E-state index in [0.717, 1.165) is 8.61 Å². The maximum absolute atomic E-state index is 12.3. The van der Waals surface area contributed by atoms with Crippen molar-refractivity contribution in [3.63, 3.8) is 0 Å². The fourth-order valence-electron chi connectivity index (χ4n) is 1.82. The van der Waals surface area contributed by atoms with Gasteiger partial charge in [0.25, 0.3) is 10.2 Å². The van der Waals surface area contributed by atoms with Crippen molar-refractivity contribution in [1.29, 1.82) is 0 Å². The first kappa shape index (κ1) is 16.5. The lowest BCUT2D eigenvalue weighted by Crippen LogP contribution is -2.61. The highest BCUT2D eigenvalue weighted by Crippen LogP contribution is 2.17. The molecule has 1 aliphatic heterocycles. The number of imide groups is 1. The Balaban J connectivity index is 2.95. The van der Waals surface area contributed by atoms with Crippen molar-refractivity contribution in [3.8, 4) is 0 Å². The highest BCUT2D eigenvalue weighted by molar-refractivity contribution is 7.86. The summed E-state index contributed by atoms with van der Waals surface area (Å²) >= 11 is 0. The molecule has 0 aromatic heterocycles. The normalized spacial score (nSPS) is 21.1. The van der Waals surface area contributed by atoms with Gasteiger partial charge in [0.15, 0.2) is 0 Å². The summed E-state index contributed by atoms with van der Waals surface area (Å²) in [5.74, 6) is -2.50. The number of carboxylic acids is 1. The standard InChI is InChI=1S/C10H17N3O6S/c1-3-7-10(17)11-8(14)6-13(7)20(18,19)12(2)5-4-9(15)16/h7H,3-6H2,1-2H3,(H,15,16)(H,11,14,17). The van der Waals surface area contributed by atoms with Crippen LogP contribution in [0, 0.1) is 0 Å². The molecule has 0 spiro atoms. The molecule has 1 fully saturated rings. The van der Waals surface area contributed by atoms with E-state index < -0.39 is 40.6 Å². The lowest BCUT2D eigenvalue weighted by molar-refractivity contribution is -0.138. The van der Waals surface area contributed by atoms with Gasteiger partial charge >= 0.3 is 5.97 Å². The van der Waals surface area contributed by atoms with Crippen molar-refractivity contribution in [2.45, 2.75) is 25.8 Å². The van der Waals surface area contributed by atoms with Gasteiger partial charge in [-0.3, -0.25) is 19.7 Å². The van der Waals surface area contributed by atoms with Gasteiger partial charge in [-0.1, -0.05) is 6.92 Å². The Kier molecular flexibility index (Phi) is 5.20. The molecule has 1 rings (SSSR count). The number of piperazine rings is 1. The van der Waals surface area contributed by atoms with E-state index in [0.29, 0.717) is 0 Å². The Labute approximate surface area is 116 Å². The Bertz CT molecular complexity index is 517. The summed E-state index contributed by atoms with van der Waals surface area (Å²) in [6.07, 6.45) is -0.147. The number of hydrogen-bond acceptors (Lipinski definition) is 5. The summed E-state index contributed by atoms with van der Waals surface area (Å²) < 4.78 is 26.2. The molecular weight excluding hydrogens is 290 g/mol. The summed E-state index contributed by atoms with van der Waals surface area (Å²) in [7, 11) is -2.85. The molecule has 2 N–H and O–H groups in total. The van der Waals surface area contributed by atoms with E-state index in [1.165, 1.54) is 7.05 Å². The number of amides is 2. The SMILES string of the molecule is CCC1C(=O)NC(=O)CN1S(=O)(=O)N(C)CCC(=O)O. The Hall–Kier alpha value is -1.52. The number of carbonyl (C=O) groups is 3. The first-order chi connectivity index (χ1) is 9.20. The van der Waals surface area contributed by atoms with Crippen LogP contribution in [0.4, 0.5) is 0 Å². The van der Waals surface area contributed by atoms with Crippen LogP contribution < -0.4 is 5.32 Å². The van der Waals surface area contributed by atoms with Gasteiger partial charge in [0.2, 0.25) is 11.8 Å². The molecule has 0 aromatic carbocycles. The largest absolute Gasteiger partial charge is 0.481 e. The van der Waals surface area contributed by atoms with Crippen LogP contribution in [0.1, 0.15) is 19.8 Å². The first-order valence-electron chi connectivity index (χ1n) is 5.98. The number of carbonyl (C=O) groups excluding carboxylic acids is 2. The van der Waals surface area contributed by atoms with Crippen LogP contribution in [0.3, 0.4) is 0 Å². The minimum atomic E-state index is -4.06. The van der Waals surface area contributed by atoms with Gasteiger partial charge in [-0.05, 0) is 6.42 Å². The number of nitrogens with one attached hydrogen (secondary N) is 1. The average Bonchev–Trinajstić information content (AvgIpc) is 2.34. The predicted octanol–water partition coefficient (Wildman–Crippen LogP) is -1.63. The molecule has 0 aliphatic carbocycles. The average molecular weight is 307 g/mol. The van der Waals surface area contributed by atoms with Crippen LogP contribution in [-0.4, -0.2) is 66.1 Å². The van der Waals surface area contributed by atoms with Crippen LogP contribution in [-0.2, 0) is 24.6 Å².